The van der Waals surface area contributed by atoms with Gasteiger partial charge in [0.1, 0.15) is 11.3 Å². The SMILES string of the molecule is O=C(/C=C/c1ccccc1)Oc1ccc(Br)cc1C(=O)O. The first-order valence-electron chi connectivity index (χ1n) is 6.04. The maximum atomic E-state index is 11.7. The zero-order valence-corrected chi connectivity index (χ0v) is 12.4. The summed E-state index contributed by atoms with van der Waals surface area (Å²) in [5, 5.41) is 9.08. The molecule has 1 N–H and O–H groups in total. The second kappa shape index (κ2) is 6.85. The van der Waals surface area contributed by atoms with Crippen molar-refractivity contribution in [1.82, 2.24) is 0 Å². The molecule has 2 aromatic rings. The van der Waals surface area contributed by atoms with Crippen LogP contribution in [0.25, 0.3) is 6.08 Å². The number of carbonyl (C=O) groups excluding carboxylic acids is 1. The second-order valence-corrected chi connectivity index (χ2v) is 5.03. The Bertz CT molecular complexity index is 693. The summed E-state index contributed by atoms with van der Waals surface area (Å²) < 4.78 is 5.65. The lowest BCUT2D eigenvalue weighted by Crippen LogP contribution is -2.08. The van der Waals surface area contributed by atoms with Crippen molar-refractivity contribution in [3.05, 3.63) is 70.2 Å². The molecule has 0 bridgehead atoms. The Labute approximate surface area is 129 Å². The molecule has 2 aromatic carbocycles. The Hall–Kier alpha value is -2.40. The van der Waals surface area contributed by atoms with Crippen LogP contribution in [-0.4, -0.2) is 17.0 Å². The average molecular weight is 347 g/mol. The monoisotopic (exact) mass is 346 g/mol. The second-order valence-electron chi connectivity index (χ2n) is 4.11. The number of hydrogen-bond acceptors (Lipinski definition) is 3. The molecule has 4 nitrogen and oxygen atoms in total. The van der Waals surface area contributed by atoms with Crippen LogP contribution in [0.4, 0.5) is 0 Å². The van der Waals surface area contributed by atoms with E-state index >= 15 is 0 Å². The van der Waals surface area contributed by atoms with Gasteiger partial charge < -0.3 is 9.84 Å². The van der Waals surface area contributed by atoms with Crippen molar-refractivity contribution in [2.75, 3.05) is 0 Å². The molecule has 5 heteroatoms. The van der Waals surface area contributed by atoms with Gasteiger partial charge in [-0.2, -0.15) is 0 Å². The molecular weight excluding hydrogens is 336 g/mol. The molecule has 0 aliphatic heterocycles. The fraction of sp³-hybridized carbons (Fsp3) is 0. The first-order chi connectivity index (χ1) is 10.1. The van der Waals surface area contributed by atoms with Gasteiger partial charge in [-0.1, -0.05) is 46.3 Å². The summed E-state index contributed by atoms with van der Waals surface area (Å²) in [5.74, 6) is -1.79. The standard InChI is InChI=1S/C16H11BrO4/c17-12-7-8-14(13(10-12)16(19)20)21-15(18)9-6-11-4-2-1-3-5-11/h1-10H,(H,19,20)/b9-6+. The van der Waals surface area contributed by atoms with Crippen molar-refractivity contribution in [3.8, 4) is 5.75 Å². The van der Waals surface area contributed by atoms with Crippen molar-refractivity contribution >= 4 is 33.9 Å². The van der Waals surface area contributed by atoms with Gasteiger partial charge in [0, 0.05) is 10.5 Å². The Kier molecular flexibility index (Phi) is 4.90. The first kappa shape index (κ1) is 15.0. The molecule has 0 aromatic heterocycles. The number of carboxylic acid groups (broad SMARTS) is 1. The van der Waals surface area contributed by atoms with E-state index in [0.717, 1.165) is 5.56 Å². The highest BCUT2D eigenvalue weighted by atomic mass is 79.9. The van der Waals surface area contributed by atoms with Crippen molar-refractivity contribution in [3.63, 3.8) is 0 Å². The predicted octanol–water partition coefficient (Wildman–Crippen LogP) is 3.77. The molecule has 0 saturated carbocycles. The smallest absolute Gasteiger partial charge is 0.339 e. The summed E-state index contributed by atoms with van der Waals surface area (Å²) in [7, 11) is 0. The molecule has 2 rings (SSSR count). The van der Waals surface area contributed by atoms with E-state index in [1.807, 2.05) is 30.3 Å². The first-order valence-corrected chi connectivity index (χ1v) is 6.83. The van der Waals surface area contributed by atoms with E-state index in [1.54, 1.807) is 12.1 Å². The summed E-state index contributed by atoms with van der Waals surface area (Å²) in [6.07, 6.45) is 2.85. The summed E-state index contributed by atoms with van der Waals surface area (Å²) in [6.45, 7) is 0. The zero-order chi connectivity index (χ0) is 15.2. The van der Waals surface area contributed by atoms with E-state index in [4.69, 9.17) is 9.84 Å². The number of aromatic carboxylic acids is 1. The van der Waals surface area contributed by atoms with Crippen LogP contribution in [0.5, 0.6) is 5.75 Å². The number of carbonyl (C=O) groups is 2. The van der Waals surface area contributed by atoms with Crippen molar-refractivity contribution in [1.29, 1.82) is 0 Å². The van der Waals surface area contributed by atoms with Crippen LogP contribution in [0.15, 0.2) is 59.1 Å². The van der Waals surface area contributed by atoms with Gasteiger partial charge in [-0.25, -0.2) is 9.59 Å². The quantitative estimate of drug-likeness (QED) is 0.520. The normalized spacial score (nSPS) is 10.5. The number of halogens is 1. The third kappa shape index (κ3) is 4.29. The van der Waals surface area contributed by atoms with E-state index in [-0.39, 0.29) is 11.3 Å². The van der Waals surface area contributed by atoms with E-state index in [2.05, 4.69) is 15.9 Å². The maximum absolute atomic E-state index is 11.7. The number of esters is 1. The van der Waals surface area contributed by atoms with Gasteiger partial charge in [-0.3, -0.25) is 0 Å². The molecule has 0 unspecified atom stereocenters. The topological polar surface area (TPSA) is 63.6 Å². The van der Waals surface area contributed by atoms with Crippen LogP contribution in [0.1, 0.15) is 15.9 Å². The number of benzene rings is 2. The highest BCUT2D eigenvalue weighted by Crippen LogP contribution is 2.23. The van der Waals surface area contributed by atoms with Gasteiger partial charge in [0.2, 0.25) is 0 Å². The Morgan fingerprint density at radius 1 is 1.10 bits per heavy atom. The van der Waals surface area contributed by atoms with Gasteiger partial charge in [0.15, 0.2) is 0 Å². The third-order valence-electron chi connectivity index (χ3n) is 2.59. The molecule has 0 aliphatic rings. The van der Waals surface area contributed by atoms with Crippen LogP contribution < -0.4 is 4.74 Å². The van der Waals surface area contributed by atoms with E-state index < -0.39 is 11.9 Å². The molecule has 0 atom stereocenters. The summed E-state index contributed by atoms with van der Waals surface area (Å²) in [5.41, 5.74) is 0.773. The van der Waals surface area contributed by atoms with Gasteiger partial charge in [-0.15, -0.1) is 0 Å². The Balaban J connectivity index is 2.13. The van der Waals surface area contributed by atoms with Crippen molar-refractivity contribution in [2.24, 2.45) is 0 Å². The number of ether oxygens (including phenoxy) is 1. The molecule has 106 valence electrons. The highest BCUT2D eigenvalue weighted by molar-refractivity contribution is 9.10. The lowest BCUT2D eigenvalue weighted by Gasteiger charge is -2.05. The highest BCUT2D eigenvalue weighted by Gasteiger charge is 2.13. The van der Waals surface area contributed by atoms with Crippen LogP contribution >= 0.6 is 15.9 Å². The van der Waals surface area contributed by atoms with Gasteiger partial charge in [0.25, 0.3) is 0 Å². The average Bonchev–Trinajstić information content (AvgIpc) is 2.48. The minimum absolute atomic E-state index is 0.00779. The maximum Gasteiger partial charge on any atom is 0.339 e. The molecule has 0 amide bonds. The van der Waals surface area contributed by atoms with Crippen LogP contribution in [-0.2, 0) is 4.79 Å². The van der Waals surface area contributed by atoms with Gasteiger partial charge in [0.05, 0.1) is 0 Å². The molecule has 0 radical (unpaired) electrons. The largest absolute Gasteiger partial charge is 0.478 e. The summed E-state index contributed by atoms with van der Waals surface area (Å²) >= 11 is 3.17. The molecular formula is C16H11BrO4. The fourth-order valence-electron chi connectivity index (χ4n) is 1.63. The van der Waals surface area contributed by atoms with E-state index in [9.17, 15) is 9.59 Å². The van der Waals surface area contributed by atoms with E-state index in [0.29, 0.717) is 4.47 Å². The lowest BCUT2D eigenvalue weighted by molar-refractivity contribution is -0.128. The lowest BCUT2D eigenvalue weighted by atomic mass is 10.2. The van der Waals surface area contributed by atoms with Crippen molar-refractivity contribution in [2.45, 2.75) is 0 Å². The Morgan fingerprint density at radius 2 is 1.81 bits per heavy atom. The van der Waals surface area contributed by atoms with Gasteiger partial charge in [-0.05, 0) is 29.8 Å². The van der Waals surface area contributed by atoms with E-state index in [1.165, 1.54) is 18.2 Å². The summed E-state index contributed by atoms with van der Waals surface area (Å²) in [6, 6.07) is 13.7. The van der Waals surface area contributed by atoms with Crippen molar-refractivity contribution < 1.29 is 19.4 Å². The minimum Gasteiger partial charge on any atom is -0.478 e. The molecule has 0 heterocycles. The minimum atomic E-state index is -1.16. The van der Waals surface area contributed by atoms with Crippen LogP contribution in [0.3, 0.4) is 0 Å². The number of carboxylic acids is 1. The fourth-order valence-corrected chi connectivity index (χ4v) is 1.99. The van der Waals surface area contributed by atoms with Gasteiger partial charge >= 0.3 is 11.9 Å². The van der Waals surface area contributed by atoms with Crippen LogP contribution in [0.2, 0.25) is 0 Å². The number of hydrogen-bond donors (Lipinski definition) is 1. The van der Waals surface area contributed by atoms with Crippen LogP contribution in [0, 0.1) is 0 Å². The Morgan fingerprint density at radius 3 is 2.48 bits per heavy atom. The molecule has 0 aliphatic carbocycles. The number of rotatable bonds is 4. The molecule has 0 saturated heterocycles. The summed E-state index contributed by atoms with van der Waals surface area (Å²) in [4.78, 5) is 22.8. The third-order valence-corrected chi connectivity index (χ3v) is 3.09. The zero-order valence-electron chi connectivity index (χ0n) is 10.8. The molecule has 21 heavy (non-hydrogen) atoms. The predicted molar refractivity (Wildman–Crippen MR) is 82.2 cm³/mol. The molecule has 0 fully saturated rings. The molecule has 0 spiro atoms.